The van der Waals surface area contributed by atoms with Gasteiger partial charge in [0.05, 0.1) is 12.7 Å². The number of likely N-dealkylation sites (tertiary alicyclic amines) is 1. The second kappa shape index (κ2) is 5.78. The zero-order chi connectivity index (χ0) is 14.9. The van der Waals surface area contributed by atoms with E-state index in [0.717, 1.165) is 13.1 Å². The lowest BCUT2D eigenvalue weighted by Gasteiger charge is -2.54. The van der Waals surface area contributed by atoms with Gasteiger partial charge in [0.2, 0.25) is 0 Å². The first kappa shape index (κ1) is 14.5. The van der Waals surface area contributed by atoms with E-state index in [1.54, 1.807) is 0 Å². The summed E-state index contributed by atoms with van der Waals surface area (Å²) >= 11 is 0. The molecule has 2 fully saturated rings. The zero-order valence-corrected chi connectivity index (χ0v) is 12.9. The molecule has 2 aliphatic rings. The molecule has 114 valence electrons. The van der Waals surface area contributed by atoms with E-state index in [-0.39, 0.29) is 5.97 Å². The molecule has 0 amide bonds. The van der Waals surface area contributed by atoms with Crippen molar-refractivity contribution >= 4 is 5.97 Å². The summed E-state index contributed by atoms with van der Waals surface area (Å²) < 4.78 is 4.75. The third-order valence-electron chi connectivity index (χ3n) is 4.98. The van der Waals surface area contributed by atoms with Crippen molar-refractivity contribution in [3.63, 3.8) is 0 Å². The second-order valence-corrected chi connectivity index (χ2v) is 6.38. The van der Waals surface area contributed by atoms with Crippen LogP contribution in [0, 0.1) is 5.41 Å². The van der Waals surface area contributed by atoms with Crippen molar-refractivity contribution in [2.75, 3.05) is 33.3 Å². The Morgan fingerprint density at radius 3 is 2.71 bits per heavy atom. The highest BCUT2D eigenvalue weighted by Crippen LogP contribution is 2.43. The van der Waals surface area contributed by atoms with Crippen molar-refractivity contribution in [2.24, 2.45) is 5.41 Å². The molecule has 1 atom stereocenters. The van der Waals surface area contributed by atoms with Crippen LogP contribution >= 0.6 is 0 Å². The maximum atomic E-state index is 11.5. The minimum Gasteiger partial charge on any atom is -0.465 e. The number of nitrogens with zero attached hydrogens (tertiary/aromatic N) is 1. The summed E-state index contributed by atoms with van der Waals surface area (Å²) in [7, 11) is 1.42. The van der Waals surface area contributed by atoms with Gasteiger partial charge in [0.1, 0.15) is 0 Å². The van der Waals surface area contributed by atoms with Crippen LogP contribution < -0.4 is 5.32 Å². The minimum atomic E-state index is -0.271. The molecular formula is C17H24N2O2. The number of piperidine rings is 1. The standard InChI is InChI=1S/C17H24N2O2/c1-3-19-11-17(12-19)8-9-18-15(10-17)13-4-6-14(7-5-13)16(20)21-2/h4-7,15,18H,3,8-12H2,1-2H3. The van der Waals surface area contributed by atoms with Gasteiger partial charge in [-0.05, 0) is 49.0 Å². The van der Waals surface area contributed by atoms with Crippen molar-refractivity contribution in [2.45, 2.75) is 25.8 Å². The quantitative estimate of drug-likeness (QED) is 0.866. The molecule has 0 saturated carbocycles. The van der Waals surface area contributed by atoms with Crippen molar-refractivity contribution in [1.29, 1.82) is 0 Å². The average Bonchev–Trinajstić information content (AvgIpc) is 2.52. The van der Waals surface area contributed by atoms with Crippen molar-refractivity contribution < 1.29 is 9.53 Å². The van der Waals surface area contributed by atoms with Gasteiger partial charge in [-0.3, -0.25) is 0 Å². The molecule has 3 rings (SSSR count). The first-order valence-electron chi connectivity index (χ1n) is 7.80. The Morgan fingerprint density at radius 1 is 1.38 bits per heavy atom. The maximum absolute atomic E-state index is 11.5. The van der Waals surface area contributed by atoms with Gasteiger partial charge < -0.3 is 15.0 Å². The molecule has 1 aromatic rings. The Kier molecular flexibility index (Phi) is 4.00. The fourth-order valence-corrected chi connectivity index (χ4v) is 3.74. The molecular weight excluding hydrogens is 264 g/mol. The van der Waals surface area contributed by atoms with Gasteiger partial charge in [-0.15, -0.1) is 0 Å². The highest BCUT2D eigenvalue weighted by Gasteiger charge is 2.45. The average molecular weight is 288 g/mol. The summed E-state index contributed by atoms with van der Waals surface area (Å²) in [4.78, 5) is 14.0. The van der Waals surface area contributed by atoms with Gasteiger partial charge in [0, 0.05) is 19.1 Å². The Hall–Kier alpha value is -1.39. The van der Waals surface area contributed by atoms with E-state index in [1.165, 1.54) is 38.6 Å². The predicted molar refractivity (Wildman–Crippen MR) is 82.3 cm³/mol. The van der Waals surface area contributed by atoms with E-state index in [9.17, 15) is 4.79 Å². The molecule has 4 heteroatoms. The normalized spacial score (nSPS) is 24.6. The van der Waals surface area contributed by atoms with Crippen LogP contribution in [0.2, 0.25) is 0 Å². The summed E-state index contributed by atoms with van der Waals surface area (Å²) in [6, 6.07) is 8.25. The number of esters is 1. The third-order valence-corrected chi connectivity index (χ3v) is 4.98. The van der Waals surface area contributed by atoms with Gasteiger partial charge in [-0.25, -0.2) is 4.79 Å². The lowest BCUT2D eigenvalue weighted by atomic mass is 9.69. The summed E-state index contributed by atoms with van der Waals surface area (Å²) in [5, 5.41) is 3.62. The van der Waals surface area contributed by atoms with Crippen LogP contribution in [0.3, 0.4) is 0 Å². The lowest BCUT2D eigenvalue weighted by molar-refractivity contribution is -0.0309. The molecule has 4 nitrogen and oxygen atoms in total. The molecule has 1 unspecified atom stereocenters. The molecule has 0 bridgehead atoms. The Balaban J connectivity index is 1.68. The van der Waals surface area contributed by atoms with Crippen LogP contribution in [0.15, 0.2) is 24.3 Å². The van der Waals surface area contributed by atoms with Gasteiger partial charge in [-0.1, -0.05) is 19.1 Å². The molecule has 2 aliphatic heterocycles. The fraction of sp³-hybridized carbons (Fsp3) is 0.588. The molecule has 0 radical (unpaired) electrons. The summed E-state index contributed by atoms with van der Waals surface area (Å²) in [6.45, 7) is 6.95. The molecule has 21 heavy (non-hydrogen) atoms. The number of rotatable bonds is 3. The highest BCUT2D eigenvalue weighted by atomic mass is 16.5. The summed E-state index contributed by atoms with van der Waals surface area (Å²) in [5.41, 5.74) is 2.40. The van der Waals surface area contributed by atoms with Gasteiger partial charge >= 0.3 is 5.97 Å². The number of carbonyl (C=O) groups excluding carboxylic acids is 1. The van der Waals surface area contributed by atoms with Gasteiger partial charge in [0.25, 0.3) is 0 Å². The fourth-order valence-electron chi connectivity index (χ4n) is 3.74. The van der Waals surface area contributed by atoms with Crippen LogP contribution in [0.1, 0.15) is 41.7 Å². The number of carbonyl (C=O) groups is 1. The summed E-state index contributed by atoms with van der Waals surface area (Å²) in [5.74, 6) is -0.271. The van der Waals surface area contributed by atoms with Crippen molar-refractivity contribution in [3.05, 3.63) is 35.4 Å². The van der Waals surface area contributed by atoms with E-state index < -0.39 is 0 Å². The maximum Gasteiger partial charge on any atom is 0.337 e. The van der Waals surface area contributed by atoms with E-state index >= 15 is 0 Å². The van der Waals surface area contributed by atoms with Crippen LogP contribution in [0.5, 0.6) is 0 Å². The molecule has 1 N–H and O–H groups in total. The molecule has 0 aliphatic carbocycles. The van der Waals surface area contributed by atoms with Crippen LogP contribution in [0.25, 0.3) is 0 Å². The molecule has 0 aromatic heterocycles. The Morgan fingerprint density at radius 2 is 2.10 bits per heavy atom. The SMILES string of the molecule is CCN1CC2(CCNC(c3ccc(C(=O)OC)cc3)C2)C1. The number of ether oxygens (including phenoxy) is 1. The van der Waals surface area contributed by atoms with Gasteiger partial charge in [-0.2, -0.15) is 0 Å². The Bertz CT molecular complexity index is 506. The molecule has 1 spiro atoms. The molecule has 2 saturated heterocycles. The largest absolute Gasteiger partial charge is 0.465 e. The predicted octanol–water partition coefficient (Wildman–Crippen LogP) is 2.22. The van der Waals surface area contributed by atoms with E-state index in [0.29, 0.717) is 17.0 Å². The number of methoxy groups -OCH3 is 1. The van der Waals surface area contributed by atoms with E-state index in [4.69, 9.17) is 4.74 Å². The van der Waals surface area contributed by atoms with Crippen LogP contribution in [-0.4, -0.2) is 44.2 Å². The van der Waals surface area contributed by atoms with E-state index in [2.05, 4.69) is 29.3 Å². The third kappa shape index (κ3) is 2.83. The van der Waals surface area contributed by atoms with E-state index in [1.807, 2.05) is 12.1 Å². The van der Waals surface area contributed by atoms with Crippen LogP contribution in [-0.2, 0) is 4.74 Å². The first-order valence-corrected chi connectivity index (χ1v) is 7.80. The minimum absolute atomic E-state index is 0.271. The van der Waals surface area contributed by atoms with Crippen molar-refractivity contribution in [3.8, 4) is 0 Å². The zero-order valence-electron chi connectivity index (χ0n) is 12.9. The number of nitrogens with one attached hydrogen (secondary N) is 1. The highest BCUT2D eigenvalue weighted by molar-refractivity contribution is 5.89. The lowest BCUT2D eigenvalue weighted by Crippen LogP contribution is -2.60. The smallest absolute Gasteiger partial charge is 0.337 e. The number of hydrogen-bond acceptors (Lipinski definition) is 4. The number of hydrogen-bond donors (Lipinski definition) is 1. The topological polar surface area (TPSA) is 41.6 Å². The Labute approximate surface area is 126 Å². The molecule has 1 aromatic carbocycles. The molecule has 2 heterocycles. The first-order chi connectivity index (χ1) is 10.2. The number of benzene rings is 1. The van der Waals surface area contributed by atoms with Gasteiger partial charge in [0.15, 0.2) is 0 Å². The van der Waals surface area contributed by atoms with Crippen LogP contribution in [0.4, 0.5) is 0 Å². The second-order valence-electron chi connectivity index (χ2n) is 6.38. The van der Waals surface area contributed by atoms with Crippen molar-refractivity contribution in [1.82, 2.24) is 10.2 Å². The monoisotopic (exact) mass is 288 g/mol. The summed E-state index contributed by atoms with van der Waals surface area (Å²) in [6.07, 6.45) is 2.47.